The molecule has 0 aliphatic heterocycles. The van der Waals surface area contributed by atoms with Gasteiger partial charge < -0.3 is 14.9 Å². The standard InChI is InChI=1S/C19H31NO3/c1-14(17(4)22)9-10-15(2)18(5,11-12-21)19(6,20-7)16(3)13-23-8/h9-10,17,21-22H,1-3,7,11-13H2,4-6,8H3/b10-9-. The molecule has 0 aliphatic rings. The zero-order valence-corrected chi connectivity index (χ0v) is 14.9. The van der Waals surface area contributed by atoms with Crippen LogP contribution in [0.25, 0.3) is 0 Å². The van der Waals surface area contributed by atoms with E-state index in [2.05, 4.69) is 31.4 Å². The number of aliphatic hydroxyl groups is 2. The van der Waals surface area contributed by atoms with Crippen molar-refractivity contribution < 1.29 is 14.9 Å². The molecule has 0 heterocycles. The molecule has 0 spiro atoms. The summed E-state index contributed by atoms with van der Waals surface area (Å²) in [7, 11) is 1.60. The third-order valence-corrected chi connectivity index (χ3v) is 4.75. The lowest BCUT2D eigenvalue weighted by molar-refractivity contribution is 0.148. The second-order valence-corrected chi connectivity index (χ2v) is 6.18. The molecule has 0 aliphatic carbocycles. The summed E-state index contributed by atoms with van der Waals surface area (Å²) in [5.74, 6) is 0. The van der Waals surface area contributed by atoms with Crippen LogP contribution in [0.15, 0.2) is 53.6 Å². The number of aliphatic imine (C=N–C) groups is 1. The predicted octanol–water partition coefficient (Wildman–Crippen LogP) is 3.09. The van der Waals surface area contributed by atoms with Gasteiger partial charge in [-0.1, -0.05) is 38.8 Å². The van der Waals surface area contributed by atoms with Gasteiger partial charge >= 0.3 is 0 Å². The van der Waals surface area contributed by atoms with Crippen molar-refractivity contribution in [2.24, 2.45) is 10.4 Å². The van der Waals surface area contributed by atoms with E-state index in [9.17, 15) is 10.2 Å². The third-order valence-electron chi connectivity index (χ3n) is 4.75. The molecule has 0 radical (unpaired) electrons. The Labute approximate surface area is 140 Å². The van der Waals surface area contributed by atoms with E-state index in [0.29, 0.717) is 18.6 Å². The fourth-order valence-electron chi connectivity index (χ4n) is 2.46. The smallest absolute Gasteiger partial charge is 0.0895 e. The Balaban J connectivity index is 5.78. The largest absolute Gasteiger partial charge is 0.396 e. The van der Waals surface area contributed by atoms with Crippen LogP contribution in [-0.4, -0.2) is 48.9 Å². The van der Waals surface area contributed by atoms with E-state index in [4.69, 9.17) is 4.74 Å². The van der Waals surface area contributed by atoms with Gasteiger partial charge in [0.05, 0.1) is 18.2 Å². The maximum absolute atomic E-state index is 9.54. The number of hydrogen-bond donors (Lipinski definition) is 2. The average molecular weight is 321 g/mol. The summed E-state index contributed by atoms with van der Waals surface area (Å²) >= 11 is 0. The lowest BCUT2D eigenvalue weighted by atomic mass is 9.62. The van der Waals surface area contributed by atoms with Crippen LogP contribution in [-0.2, 0) is 4.74 Å². The van der Waals surface area contributed by atoms with Crippen LogP contribution in [0.2, 0.25) is 0 Å². The monoisotopic (exact) mass is 321 g/mol. The molecule has 0 aromatic rings. The number of nitrogens with zero attached hydrogens (tertiary/aromatic N) is 1. The van der Waals surface area contributed by atoms with Crippen molar-refractivity contribution in [1.82, 2.24) is 0 Å². The molecule has 0 saturated heterocycles. The minimum atomic E-state index is -0.751. The van der Waals surface area contributed by atoms with Gasteiger partial charge in [0.25, 0.3) is 0 Å². The minimum absolute atomic E-state index is 0.0217. The molecule has 3 unspecified atom stereocenters. The van der Waals surface area contributed by atoms with E-state index in [1.807, 2.05) is 13.8 Å². The van der Waals surface area contributed by atoms with Gasteiger partial charge in [-0.3, -0.25) is 4.99 Å². The quantitative estimate of drug-likeness (QED) is 0.349. The molecule has 0 aromatic heterocycles. The Morgan fingerprint density at radius 1 is 1.26 bits per heavy atom. The van der Waals surface area contributed by atoms with E-state index in [1.165, 1.54) is 0 Å². The van der Waals surface area contributed by atoms with Crippen LogP contribution in [0.4, 0.5) is 0 Å². The van der Waals surface area contributed by atoms with Crippen molar-refractivity contribution in [2.75, 3.05) is 20.3 Å². The Kier molecular flexibility index (Phi) is 8.38. The second kappa shape index (κ2) is 8.96. The molecule has 0 saturated carbocycles. The summed E-state index contributed by atoms with van der Waals surface area (Å²) in [5.41, 5.74) is 0.741. The lowest BCUT2D eigenvalue weighted by Gasteiger charge is -2.45. The molecule has 0 aromatic carbocycles. The highest BCUT2D eigenvalue weighted by Crippen LogP contribution is 2.47. The Morgan fingerprint density at radius 2 is 1.83 bits per heavy atom. The molecule has 3 atom stereocenters. The molecular formula is C19H31NO3. The van der Waals surface area contributed by atoms with Crippen molar-refractivity contribution in [1.29, 1.82) is 0 Å². The third kappa shape index (κ3) is 4.74. The van der Waals surface area contributed by atoms with Crippen LogP contribution in [0, 0.1) is 5.41 Å². The van der Waals surface area contributed by atoms with E-state index in [1.54, 1.807) is 26.2 Å². The van der Waals surface area contributed by atoms with Gasteiger partial charge in [-0.25, -0.2) is 0 Å². The van der Waals surface area contributed by atoms with Gasteiger partial charge in [-0.15, -0.1) is 0 Å². The second-order valence-electron chi connectivity index (χ2n) is 6.18. The number of rotatable bonds is 11. The van der Waals surface area contributed by atoms with Crippen molar-refractivity contribution in [2.45, 2.75) is 38.8 Å². The summed E-state index contributed by atoms with van der Waals surface area (Å²) in [6.45, 7) is 21.6. The maximum atomic E-state index is 9.54. The number of hydrogen-bond acceptors (Lipinski definition) is 4. The fraction of sp³-hybridized carbons (Fsp3) is 0.526. The van der Waals surface area contributed by atoms with Crippen molar-refractivity contribution in [3.05, 3.63) is 48.6 Å². The molecule has 4 heteroatoms. The highest BCUT2D eigenvalue weighted by molar-refractivity contribution is 5.41. The predicted molar refractivity (Wildman–Crippen MR) is 97.9 cm³/mol. The van der Waals surface area contributed by atoms with Crippen LogP contribution < -0.4 is 0 Å². The van der Waals surface area contributed by atoms with Gasteiger partial charge in [0, 0.05) is 19.1 Å². The van der Waals surface area contributed by atoms with E-state index in [0.717, 1.165) is 11.1 Å². The van der Waals surface area contributed by atoms with Crippen molar-refractivity contribution >= 4 is 6.72 Å². The zero-order valence-electron chi connectivity index (χ0n) is 14.9. The first-order valence-corrected chi connectivity index (χ1v) is 7.61. The van der Waals surface area contributed by atoms with Gasteiger partial charge in [0.2, 0.25) is 0 Å². The van der Waals surface area contributed by atoms with Crippen molar-refractivity contribution in [3.8, 4) is 0 Å². The first-order chi connectivity index (χ1) is 10.6. The molecule has 2 N–H and O–H groups in total. The van der Waals surface area contributed by atoms with E-state index in [-0.39, 0.29) is 6.61 Å². The normalized spacial score (nSPS) is 18.0. The van der Waals surface area contributed by atoms with Crippen molar-refractivity contribution in [3.63, 3.8) is 0 Å². The molecule has 130 valence electrons. The summed E-state index contributed by atoms with van der Waals surface area (Å²) in [4.78, 5) is 4.31. The average Bonchev–Trinajstić information content (AvgIpc) is 2.51. The van der Waals surface area contributed by atoms with Gasteiger partial charge in [-0.2, -0.15) is 0 Å². The highest BCUT2D eigenvalue weighted by Gasteiger charge is 2.46. The fourth-order valence-corrected chi connectivity index (χ4v) is 2.46. The number of aliphatic hydroxyl groups excluding tert-OH is 2. The van der Waals surface area contributed by atoms with Gasteiger partial charge in [-0.05, 0) is 43.7 Å². The first-order valence-electron chi connectivity index (χ1n) is 7.61. The summed E-state index contributed by atoms with van der Waals surface area (Å²) in [6.07, 6.45) is 3.34. The molecule has 0 fully saturated rings. The summed E-state index contributed by atoms with van der Waals surface area (Å²) < 4.78 is 5.19. The summed E-state index contributed by atoms with van der Waals surface area (Å²) in [6, 6.07) is 0. The summed E-state index contributed by atoms with van der Waals surface area (Å²) in [5, 5.41) is 19.1. The molecular weight excluding hydrogens is 290 g/mol. The number of allylic oxidation sites excluding steroid dienone is 1. The van der Waals surface area contributed by atoms with Gasteiger partial charge in [0.1, 0.15) is 0 Å². The SMILES string of the molecule is C=NC(C)(C(=C)COC)C(C)(CCO)C(=C)/C=C\C(=C)C(C)O. The lowest BCUT2D eigenvalue weighted by Crippen LogP contribution is -2.46. The van der Waals surface area contributed by atoms with Crippen LogP contribution >= 0.6 is 0 Å². The Morgan fingerprint density at radius 3 is 2.22 bits per heavy atom. The molecule has 4 nitrogen and oxygen atoms in total. The number of ether oxygens (including phenoxy) is 1. The van der Waals surface area contributed by atoms with Gasteiger partial charge in [0.15, 0.2) is 0 Å². The highest BCUT2D eigenvalue weighted by atomic mass is 16.5. The topological polar surface area (TPSA) is 62.0 Å². The number of methoxy groups -OCH3 is 1. The van der Waals surface area contributed by atoms with Crippen LogP contribution in [0.5, 0.6) is 0 Å². The molecule has 0 rings (SSSR count). The molecule has 23 heavy (non-hydrogen) atoms. The Bertz CT molecular complexity index is 493. The maximum Gasteiger partial charge on any atom is 0.0895 e. The van der Waals surface area contributed by atoms with Crippen LogP contribution in [0.3, 0.4) is 0 Å². The van der Waals surface area contributed by atoms with E-state index >= 15 is 0 Å². The molecule has 0 bridgehead atoms. The van der Waals surface area contributed by atoms with E-state index < -0.39 is 17.1 Å². The molecule has 0 amide bonds. The minimum Gasteiger partial charge on any atom is -0.396 e. The zero-order chi connectivity index (χ0) is 18.3. The van der Waals surface area contributed by atoms with Crippen LogP contribution in [0.1, 0.15) is 27.2 Å². The Hall–Kier alpha value is -1.49. The first kappa shape index (κ1) is 21.5.